The second-order valence-electron chi connectivity index (χ2n) is 6.35. The minimum absolute atomic E-state index is 0.517. The Balaban J connectivity index is 1.86. The molecule has 24 heavy (non-hydrogen) atoms. The Hall–Kier alpha value is -1.95. The molecule has 0 aliphatic carbocycles. The third-order valence-electron chi connectivity index (χ3n) is 4.85. The van der Waals surface area contributed by atoms with Gasteiger partial charge in [-0.05, 0) is 42.9 Å². The van der Waals surface area contributed by atoms with Gasteiger partial charge in [-0.25, -0.2) is 0 Å². The number of hydrogen-bond acceptors (Lipinski definition) is 1. The zero-order chi connectivity index (χ0) is 16.4. The molecule has 1 heterocycles. The highest BCUT2D eigenvalue weighted by Gasteiger charge is 2.30. The van der Waals surface area contributed by atoms with E-state index in [4.69, 9.17) is 0 Å². The van der Waals surface area contributed by atoms with Crippen LogP contribution in [-0.2, 0) is 0 Å². The van der Waals surface area contributed by atoms with Crippen LogP contribution in [0.15, 0.2) is 84.9 Å². The van der Waals surface area contributed by atoms with E-state index in [2.05, 4.69) is 96.9 Å². The molecule has 0 bridgehead atoms. The minimum Gasteiger partial charge on any atom is -0.299 e. The molecule has 0 N–H and O–H groups in total. The maximum Gasteiger partial charge on any atom is 0.0363 e. The molecule has 1 fully saturated rings. The molecule has 4 rings (SSSR count). The predicted molar refractivity (Wildman–Crippen MR) is 105 cm³/mol. The van der Waals surface area contributed by atoms with E-state index in [1.54, 1.807) is 0 Å². The van der Waals surface area contributed by atoms with E-state index in [0.717, 1.165) is 0 Å². The predicted octanol–water partition coefficient (Wildman–Crippen LogP) is 3.82. The monoisotopic (exact) mass is 331 g/mol. The first-order valence-electron chi connectivity index (χ1n) is 8.54. The van der Waals surface area contributed by atoms with E-state index in [1.165, 1.54) is 34.4 Å². The molecule has 120 valence electrons. The van der Waals surface area contributed by atoms with Gasteiger partial charge in [0.05, 0.1) is 0 Å². The summed E-state index contributed by atoms with van der Waals surface area (Å²) in [4.78, 5) is 2.46. The van der Waals surface area contributed by atoms with Crippen molar-refractivity contribution in [2.75, 3.05) is 13.6 Å². The Labute approximate surface area is 145 Å². The van der Waals surface area contributed by atoms with Gasteiger partial charge in [0.15, 0.2) is 0 Å². The lowest BCUT2D eigenvalue weighted by Crippen LogP contribution is -2.40. The molecular formula is C22H22NP. The van der Waals surface area contributed by atoms with Crippen LogP contribution in [0, 0.1) is 0 Å². The van der Waals surface area contributed by atoms with Crippen LogP contribution in [0.4, 0.5) is 0 Å². The van der Waals surface area contributed by atoms with E-state index in [9.17, 15) is 0 Å². The zero-order valence-electron chi connectivity index (χ0n) is 14.0. The molecule has 0 amide bonds. The largest absolute Gasteiger partial charge is 0.299 e. The molecule has 1 unspecified atom stereocenters. The van der Waals surface area contributed by atoms with E-state index in [0.29, 0.717) is 6.04 Å². The van der Waals surface area contributed by atoms with Crippen LogP contribution >= 0.6 is 7.92 Å². The Morgan fingerprint density at radius 3 is 1.79 bits per heavy atom. The first kappa shape index (κ1) is 15.6. The van der Waals surface area contributed by atoms with Crippen molar-refractivity contribution in [1.29, 1.82) is 0 Å². The Kier molecular flexibility index (Phi) is 4.47. The van der Waals surface area contributed by atoms with Crippen molar-refractivity contribution in [1.82, 2.24) is 4.90 Å². The average Bonchev–Trinajstić information content (AvgIpc) is 2.64. The molecular weight excluding hydrogens is 309 g/mol. The summed E-state index contributed by atoms with van der Waals surface area (Å²) < 4.78 is 0. The van der Waals surface area contributed by atoms with Crippen molar-refractivity contribution in [3.05, 3.63) is 90.5 Å². The molecule has 3 aromatic carbocycles. The molecule has 1 atom stereocenters. The number of benzene rings is 3. The van der Waals surface area contributed by atoms with Gasteiger partial charge in [-0.1, -0.05) is 84.9 Å². The van der Waals surface area contributed by atoms with Crippen LogP contribution in [0.5, 0.6) is 0 Å². The summed E-state index contributed by atoms with van der Waals surface area (Å²) in [6.07, 6.45) is 1.26. The Morgan fingerprint density at radius 1 is 0.750 bits per heavy atom. The fraction of sp³-hybridized carbons (Fsp3) is 0.182. The van der Waals surface area contributed by atoms with Crippen molar-refractivity contribution >= 4 is 23.8 Å². The number of rotatable bonds is 4. The smallest absolute Gasteiger partial charge is 0.0363 e. The number of nitrogens with zero attached hydrogens (tertiary/aromatic N) is 1. The van der Waals surface area contributed by atoms with E-state index >= 15 is 0 Å². The molecule has 1 aliphatic heterocycles. The first-order valence-corrected chi connectivity index (χ1v) is 9.88. The molecule has 3 aromatic rings. The quantitative estimate of drug-likeness (QED) is 0.657. The summed E-state index contributed by atoms with van der Waals surface area (Å²) in [6.45, 7) is 1.20. The number of likely N-dealkylation sites (tertiary alicyclic amines) is 1. The summed E-state index contributed by atoms with van der Waals surface area (Å²) in [5, 5.41) is 4.35. The van der Waals surface area contributed by atoms with Crippen molar-refractivity contribution < 1.29 is 0 Å². The first-order chi connectivity index (χ1) is 11.8. The maximum atomic E-state index is 2.46. The van der Waals surface area contributed by atoms with Crippen LogP contribution in [0.1, 0.15) is 18.0 Å². The topological polar surface area (TPSA) is 3.24 Å². The van der Waals surface area contributed by atoms with E-state index < -0.39 is 7.92 Å². The van der Waals surface area contributed by atoms with Crippen LogP contribution in [0.2, 0.25) is 0 Å². The van der Waals surface area contributed by atoms with Gasteiger partial charge in [-0.3, -0.25) is 4.90 Å². The molecule has 0 radical (unpaired) electrons. The van der Waals surface area contributed by atoms with Gasteiger partial charge in [0.1, 0.15) is 0 Å². The normalized spacial score (nSPS) is 17.7. The summed E-state index contributed by atoms with van der Waals surface area (Å²) in [6, 6.07) is 31.6. The second-order valence-corrected chi connectivity index (χ2v) is 8.54. The van der Waals surface area contributed by atoms with E-state index in [-0.39, 0.29) is 0 Å². The third-order valence-corrected chi connectivity index (χ3v) is 7.37. The lowest BCUT2D eigenvalue weighted by Gasteiger charge is -2.40. The molecule has 0 aromatic heterocycles. The number of hydrogen-bond donors (Lipinski definition) is 0. The Morgan fingerprint density at radius 2 is 1.29 bits per heavy atom. The summed E-state index contributed by atoms with van der Waals surface area (Å²) >= 11 is 0. The van der Waals surface area contributed by atoms with Crippen molar-refractivity contribution in [2.45, 2.75) is 12.5 Å². The highest BCUT2D eigenvalue weighted by Crippen LogP contribution is 2.39. The van der Waals surface area contributed by atoms with Crippen LogP contribution < -0.4 is 15.9 Å². The minimum atomic E-state index is -0.517. The molecule has 0 saturated carbocycles. The lowest BCUT2D eigenvalue weighted by atomic mass is 9.96. The van der Waals surface area contributed by atoms with Gasteiger partial charge in [0, 0.05) is 12.6 Å². The van der Waals surface area contributed by atoms with Crippen molar-refractivity contribution in [3.63, 3.8) is 0 Å². The molecule has 1 aliphatic rings. The summed E-state index contributed by atoms with van der Waals surface area (Å²) in [5.74, 6) is 0. The average molecular weight is 331 g/mol. The Bertz CT molecular complexity index is 761. The van der Waals surface area contributed by atoms with Gasteiger partial charge >= 0.3 is 0 Å². The van der Waals surface area contributed by atoms with Gasteiger partial charge in [-0.15, -0.1) is 0 Å². The molecule has 0 spiro atoms. The second kappa shape index (κ2) is 6.89. The zero-order valence-corrected chi connectivity index (χ0v) is 14.9. The highest BCUT2D eigenvalue weighted by atomic mass is 31.1. The van der Waals surface area contributed by atoms with Crippen molar-refractivity contribution in [3.8, 4) is 0 Å². The van der Waals surface area contributed by atoms with E-state index in [1.807, 2.05) is 0 Å². The van der Waals surface area contributed by atoms with Gasteiger partial charge < -0.3 is 0 Å². The fourth-order valence-corrected chi connectivity index (χ4v) is 5.98. The van der Waals surface area contributed by atoms with Crippen molar-refractivity contribution in [2.24, 2.45) is 0 Å². The summed E-state index contributed by atoms with van der Waals surface area (Å²) in [7, 11) is 1.72. The summed E-state index contributed by atoms with van der Waals surface area (Å²) in [5.41, 5.74) is 1.50. The molecule has 1 nitrogen and oxygen atoms in total. The SMILES string of the molecule is CN1CCC1c1ccccc1P(c1ccccc1)c1ccccc1. The van der Waals surface area contributed by atoms with Gasteiger partial charge in [-0.2, -0.15) is 0 Å². The molecule has 1 saturated heterocycles. The third kappa shape index (κ3) is 2.90. The highest BCUT2D eigenvalue weighted by molar-refractivity contribution is 7.79. The van der Waals surface area contributed by atoms with Crippen LogP contribution in [0.3, 0.4) is 0 Å². The van der Waals surface area contributed by atoms with Crippen LogP contribution in [-0.4, -0.2) is 18.5 Å². The molecule has 2 heteroatoms. The maximum absolute atomic E-state index is 2.46. The lowest BCUT2D eigenvalue weighted by molar-refractivity contribution is 0.128. The van der Waals surface area contributed by atoms with Crippen LogP contribution in [0.25, 0.3) is 0 Å². The fourth-order valence-electron chi connectivity index (χ4n) is 3.46. The van der Waals surface area contributed by atoms with Gasteiger partial charge in [0.2, 0.25) is 0 Å². The van der Waals surface area contributed by atoms with Gasteiger partial charge in [0.25, 0.3) is 0 Å². The standard InChI is InChI=1S/C22H22NP/c1-23-17-16-21(23)20-14-8-9-15-22(20)24(18-10-4-2-5-11-18)19-12-6-3-7-13-19/h2-15,21H,16-17H2,1H3.